The highest BCUT2D eigenvalue weighted by molar-refractivity contribution is 9.10. The van der Waals surface area contributed by atoms with Gasteiger partial charge in [-0.2, -0.15) is 0 Å². The van der Waals surface area contributed by atoms with Crippen LogP contribution in [0, 0.1) is 13.8 Å². The van der Waals surface area contributed by atoms with Crippen molar-refractivity contribution in [3.8, 4) is 16.9 Å². The van der Waals surface area contributed by atoms with Crippen LogP contribution < -0.4 is 10.6 Å². The van der Waals surface area contributed by atoms with Gasteiger partial charge in [-0.3, -0.25) is 9.78 Å². The molecule has 0 aliphatic carbocycles. The fourth-order valence-corrected chi connectivity index (χ4v) is 4.77. The second-order valence-corrected chi connectivity index (χ2v) is 9.78. The first kappa shape index (κ1) is 22.9. The van der Waals surface area contributed by atoms with Gasteiger partial charge in [0.25, 0.3) is 5.91 Å². The Balaban J connectivity index is 1.35. The van der Waals surface area contributed by atoms with Crippen LogP contribution in [0.4, 0.5) is 16.5 Å². The predicted octanol–water partition coefficient (Wildman–Crippen LogP) is 6.77. The van der Waals surface area contributed by atoms with E-state index in [1.54, 1.807) is 18.7 Å². The summed E-state index contributed by atoms with van der Waals surface area (Å²) in [7, 11) is 0. The van der Waals surface area contributed by atoms with Crippen molar-refractivity contribution >= 4 is 49.7 Å². The number of nitrogens with one attached hydrogen (secondary N) is 2. The number of nitrogens with zero attached hydrogens (tertiary/aromatic N) is 4. The topological polar surface area (TPSA) is 84.7 Å². The standard InChI is InChI=1S/C26H21BrN6OS/c1-16-5-6-18(8-23(16)31-26-32-24(14-35-26)19-4-3-7-28-12-19)25(34)30-21-9-20(27)10-22(11-21)33-13-17(2)29-15-33/h3-15H,1-2H3,(H,30,34)(H,31,32). The first-order valence-electron chi connectivity index (χ1n) is 10.8. The molecule has 0 spiro atoms. The van der Waals surface area contributed by atoms with E-state index in [0.29, 0.717) is 11.3 Å². The fourth-order valence-electron chi connectivity index (χ4n) is 3.55. The molecule has 1 amide bonds. The zero-order chi connectivity index (χ0) is 24.4. The van der Waals surface area contributed by atoms with Gasteiger partial charge in [-0.05, 0) is 61.9 Å². The molecule has 3 heterocycles. The molecular weight excluding hydrogens is 524 g/mol. The van der Waals surface area contributed by atoms with E-state index >= 15 is 0 Å². The van der Waals surface area contributed by atoms with Crippen LogP contribution in [-0.4, -0.2) is 25.4 Å². The third-order valence-corrected chi connectivity index (χ3v) is 6.57. The van der Waals surface area contributed by atoms with Crippen LogP contribution >= 0.6 is 27.3 Å². The van der Waals surface area contributed by atoms with Gasteiger partial charge in [0.05, 0.1) is 17.7 Å². The number of anilines is 3. The molecule has 2 N–H and O–H groups in total. The molecule has 0 aliphatic rings. The van der Waals surface area contributed by atoms with E-state index in [4.69, 9.17) is 0 Å². The molecule has 5 aromatic rings. The molecule has 35 heavy (non-hydrogen) atoms. The normalized spacial score (nSPS) is 10.8. The van der Waals surface area contributed by atoms with Gasteiger partial charge < -0.3 is 15.2 Å². The Labute approximate surface area is 215 Å². The molecule has 174 valence electrons. The minimum atomic E-state index is -0.200. The summed E-state index contributed by atoms with van der Waals surface area (Å²) in [4.78, 5) is 26.2. The van der Waals surface area contributed by atoms with Crippen molar-refractivity contribution in [3.05, 3.63) is 100 Å². The number of amides is 1. The number of carbonyl (C=O) groups is 1. The molecular formula is C26H21BrN6OS. The minimum Gasteiger partial charge on any atom is -0.331 e. The van der Waals surface area contributed by atoms with Crippen molar-refractivity contribution in [1.82, 2.24) is 19.5 Å². The average molecular weight is 545 g/mol. The maximum atomic E-state index is 13.1. The molecule has 0 atom stereocenters. The lowest BCUT2D eigenvalue weighted by molar-refractivity contribution is 0.102. The average Bonchev–Trinajstić information content (AvgIpc) is 3.50. The summed E-state index contributed by atoms with van der Waals surface area (Å²) in [5.41, 5.74) is 6.70. The Bertz CT molecular complexity index is 1510. The van der Waals surface area contributed by atoms with E-state index in [1.807, 2.05) is 78.5 Å². The number of hydrogen-bond acceptors (Lipinski definition) is 6. The second-order valence-electron chi connectivity index (χ2n) is 8.01. The number of carbonyl (C=O) groups excluding carboxylic acids is 1. The molecule has 5 rings (SSSR count). The Morgan fingerprint density at radius 3 is 2.77 bits per heavy atom. The van der Waals surface area contributed by atoms with Gasteiger partial charge in [-0.1, -0.05) is 22.0 Å². The molecule has 3 aromatic heterocycles. The Morgan fingerprint density at radius 1 is 1.11 bits per heavy atom. The third-order valence-electron chi connectivity index (χ3n) is 5.35. The van der Waals surface area contributed by atoms with E-state index in [9.17, 15) is 4.79 Å². The number of halogens is 1. The highest BCUT2D eigenvalue weighted by atomic mass is 79.9. The summed E-state index contributed by atoms with van der Waals surface area (Å²) in [6.07, 6.45) is 7.21. The number of imidazole rings is 1. The van der Waals surface area contributed by atoms with Gasteiger partial charge in [0.2, 0.25) is 0 Å². The lowest BCUT2D eigenvalue weighted by Gasteiger charge is -2.12. The Kier molecular flexibility index (Phi) is 6.43. The van der Waals surface area contributed by atoms with E-state index in [1.165, 1.54) is 11.3 Å². The summed E-state index contributed by atoms with van der Waals surface area (Å²) >= 11 is 5.04. The largest absolute Gasteiger partial charge is 0.331 e. The quantitative estimate of drug-likeness (QED) is 0.246. The van der Waals surface area contributed by atoms with Gasteiger partial charge in [-0.25, -0.2) is 9.97 Å². The lowest BCUT2D eigenvalue weighted by Crippen LogP contribution is -2.12. The van der Waals surface area contributed by atoms with Crippen molar-refractivity contribution in [2.75, 3.05) is 10.6 Å². The minimum absolute atomic E-state index is 0.200. The Morgan fingerprint density at radius 2 is 2.00 bits per heavy atom. The number of aryl methyl sites for hydroxylation is 2. The number of pyridine rings is 1. The summed E-state index contributed by atoms with van der Waals surface area (Å²) in [5, 5.41) is 9.09. The maximum absolute atomic E-state index is 13.1. The highest BCUT2D eigenvalue weighted by Crippen LogP contribution is 2.29. The van der Waals surface area contributed by atoms with Gasteiger partial charge in [0.1, 0.15) is 0 Å². The van der Waals surface area contributed by atoms with Crippen LogP contribution in [0.25, 0.3) is 16.9 Å². The van der Waals surface area contributed by atoms with Crippen LogP contribution in [-0.2, 0) is 0 Å². The SMILES string of the molecule is Cc1cn(-c2cc(Br)cc(NC(=O)c3ccc(C)c(Nc4nc(-c5cccnc5)cs4)c3)c2)cn1. The van der Waals surface area contributed by atoms with E-state index in [2.05, 4.69) is 41.5 Å². The van der Waals surface area contributed by atoms with Crippen LogP contribution in [0.2, 0.25) is 0 Å². The first-order valence-corrected chi connectivity index (χ1v) is 12.5. The molecule has 9 heteroatoms. The van der Waals surface area contributed by atoms with Crippen LogP contribution in [0.5, 0.6) is 0 Å². The van der Waals surface area contributed by atoms with Gasteiger partial charge in [0, 0.05) is 56.6 Å². The number of aromatic nitrogens is 4. The first-order chi connectivity index (χ1) is 16.9. The Hall–Kier alpha value is -3.82. The molecule has 0 aliphatic heterocycles. The van der Waals surface area contributed by atoms with Crippen molar-refractivity contribution < 1.29 is 4.79 Å². The maximum Gasteiger partial charge on any atom is 0.255 e. The van der Waals surface area contributed by atoms with Crippen molar-refractivity contribution in [2.24, 2.45) is 0 Å². The van der Waals surface area contributed by atoms with E-state index in [0.717, 1.165) is 43.5 Å². The molecule has 0 saturated heterocycles. The number of rotatable bonds is 6. The highest BCUT2D eigenvalue weighted by Gasteiger charge is 2.12. The summed E-state index contributed by atoms with van der Waals surface area (Å²) in [5.74, 6) is -0.200. The van der Waals surface area contributed by atoms with Crippen LogP contribution in [0.3, 0.4) is 0 Å². The third kappa shape index (κ3) is 5.31. The monoisotopic (exact) mass is 544 g/mol. The van der Waals surface area contributed by atoms with E-state index in [-0.39, 0.29) is 5.91 Å². The van der Waals surface area contributed by atoms with Crippen LogP contribution in [0.15, 0.2) is 83.3 Å². The summed E-state index contributed by atoms with van der Waals surface area (Å²) in [6.45, 7) is 3.93. The lowest BCUT2D eigenvalue weighted by atomic mass is 10.1. The molecule has 7 nitrogen and oxygen atoms in total. The van der Waals surface area contributed by atoms with Crippen molar-refractivity contribution in [2.45, 2.75) is 13.8 Å². The number of benzene rings is 2. The van der Waals surface area contributed by atoms with Crippen molar-refractivity contribution in [1.29, 1.82) is 0 Å². The number of hydrogen-bond donors (Lipinski definition) is 2. The summed E-state index contributed by atoms with van der Waals surface area (Å²) < 4.78 is 2.77. The molecule has 2 aromatic carbocycles. The molecule has 0 unspecified atom stereocenters. The van der Waals surface area contributed by atoms with Crippen LogP contribution in [0.1, 0.15) is 21.6 Å². The smallest absolute Gasteiger partial charge is 0.255 e. The van der Waals surface area contributed by atoms with E-state index < -0.39 is 0 Å². The second kappa shape index (κ2) is 9.81. The molecule has 0 fully saturated rings. The van der Waals surface area contributed by atoms with Gasteiger partial charge in [0.15, 0.2) is 5.13 Å². The van der Waals surface area contributed by atoms with Gasteiger partial charge >= 0.3 is 0 Å². The number of thiazole rings is 1. The summed E-state index contributed by atoms with van der Waals surface area (Å²) in [6, 6.07) is 15.2. The molecule has 0 bridgehead atoms. The zero-order valence-electron chi connectivity index (χ0n) is 19.0. The molecule has 0 radical (unpaired) electrons. The molecule has 0 saturated carbocycles. The predicted molar refractivity (Wildman–Crippen MR) is 144 cm³/mol. The fraction of sp³-hybridized carbons (Fsp3) is 0.0769. The van der Waals surface area contributed by atoms with Crippen molar-refractivity contribution in [3.63, 3.8) is 0 Å². The van der Waals surface area contributed by atoms with Gasteiger partial charge in [-0.15, -0.1) is 11.3 Å². The zero-order valence-corrected chi connectivity index (χ0v) is 21.4.